The molecule has 4 rings (SSSR count). The van der Waals surface area contributed by atoms with Gasteiger partial charge in [-0.1, -0.05) is 6.07 Å². The molecule has 2 aliphatic heterocycles. The highest BCUT2D eigenvalue weighted by Gasteiger charge is 2.39. The molecule has 2 aromatic rings. The fourth-order valence-electron chi connectivity index (χ4n) is 4.00. The van der Waals surface area contributed by atoms with Crippen LogP contribution in [-0.2, 0) is 11.8 Å². The molecular formula is C20H27N5OS. The van der Waals surface area contributed by atoms with Crippen LogP contribution in [0.5, 0.6) is 0 Å². The van der Waals surface area contributed by atoms with E-state index in [2.05, 4.69) is 56.2 Å². The first-order chi connectivity index (χ1) is 13.2. The van der Waals surface area contributed by atoms with Crippen molar-refractivity contribution in [2.45, 2.75) is 18.5 Å². The molecule has 0 aromatic carbocycles. The third-order valence-electron chi connectivity index (χ3n) is 5.37. The SMILES string of the molecule is Cn1ccc([C@H]2[C@H](c3ccccn3)NC(=S)N2CCCN2CCOCC2)c1. The number of hydrogen-bond acceptors (Lipinski definition) is 4. The Balaban J connectivity index is 1.50. The summed E-state index contributed by atoms with van der Waals surface area (Å²) in [5.74, 6) is 0. The Hall–Kier alpha value is -1.96. The van der Waals surface area contributed by atoms with Gasteiger partial charge in [0.05, 0.1) is 31.0 Å². The highest BCUT2D eigenvalue weighted by Crippen LogP contribution is 2.38. The third kappa shape index (κ3) is 4.15. The number of ether oxygens (including phenoxy) is 1. The second-order valence-electron chi connectivity index (χ2n) is 7.24. The maximum Gasteiger partial charge on any atom is 0.170 e. The second kappa shape index (κ2) is 8.37. The van der Waals surface area contributed by atoms with E-state index in [1.165, 1.54) is 5.56 Å². The Kier molecular flexibility index (Phi) is 5.71. The summed E-state index contributed by atoms with van der Waals surface area (Å²) >= 11 is 5.72. The number of aryl methyl sites for hydroxylation is 1. The Morgan fingerprint density at radius 2 is 2.07 bits per heavy atom. The van der Waals surface area contributed by atoms with Crippen LogP contribution >= 0.6 is 12.2 Å². The molecule has 0 spiro atoms. The zero-order valence-electron chi connectivity index (χ0n) is 15.8. The van der Waals surface area contributed by atoms with Crippen molar-refractivity contribution in [1.29, 1.82) is 0 Å². The first-order valence-corrected chi connectivity index (χ1v) is 10.0. The summed E-state index contributed by atoms with van der Waals surface area (Å²) in [6.07, 6.45) is 7.21. The van der Waals surface area contributed by atoms with E-state index in [1.54, 1.807) is 0 Å². The number of rotatable bonds is 6. The zero-order chi connectivity index (χ0) is 18.6. The van der Waals surface area contributed by atoms with Gasteiger partial charge in [-0.2, -0.15) is 0 Å². The number of morpholine rings is 1. The van der Waals surface area contributed by atoms with Crippen molar-refractivity contribution >= 4 is 17.3 Å². The average Bonchev–Trinajstić information content (AvgIpc) is 3.27. The Bertz CT molecular complexity index is 759. The predicted molar refractivity (Wildman–Crippen MR) is 109 cm³/mol. The molecule has 0 radical (unpaired) electrons. The highest BCUT2D eigenvalue weighted by molar-refractivity contribution is 7.80. The van der Waals surface area contributed by atoms with E-state index in [-0.39, 0.29) is 12.1 Å². The van der Waals surface area contributed by atoms with Crippen molar-refractivity contribution in [3.05, 3.63) is 54.1 Å². The molecule has 0 unspecified atom stereocenters. The molecule has 0 bridgehead atoms. The third-order valence-corrected chi connectivity index (χ3v) is 5.72. The van der Waals surface area contributed by atoms with E-state index in [0.717, 1.165) is 56.6 Å². The van der Waals surface area contributed by atoms with Gasteiger partial charge in [-0.05, 0) is 42.4 Å². The summed E-state index contributed by atoms with van der Waals surface area (Å²) in [7, 11) is 2.06. The molecule has 2 aromatic heterocycles. The standard InChI is InChI=1S/C20H27N5OS/c1-23-10-6-16(15-23)19-18(17-5-2-3-7-21-17)22-20(27)25(19)9-4-8-24-11-13-26-14-12-24/h2-3,5-7,10,15,18-19H,4,8-9,11-14H2,1H3,(H,22,27)/t18-,19-/m0/s1. The van der Waals surface area contributed by atoms with Crippen molar-refractivity contribution in [3.8, 4) is 0 Å². The number of nitrogens with zero attached hydrogens (tertiary/aromatic N) is 4. The Morgan fingerprint density at radius 1 is 1.22 bits per heavy atom. The van der Waals surface area contributed by atoms with Crippen LogP contribution in [0.1, 0.15) is 29.8 Å². The topological polar surface area (TPSA) is 45.6 Å². The number of aromatic nitrogens is 2. The van der Waals surface area contributed by atoms with Gasteiger partial charge in [0, 0.05) is 51.8 Å². The first kappa shape index (κ1) is 18.4. The minimum absolute atomic E-state index is 0.0736. The second-order valence-corrected chi connectivity index (χ2v) is 7.62. The van der Waals surface area contributed by atoms with Crippen molar-refractivity contribution in [2.24, 2.45) is 7.05 Å². The van der Waals surface area contributed by atoms with Crippen molar-refractivity contribution in [1.82, 2.24) is 24.7 Å². The van der Waals surface area contributed by atoms with Crippen LogP contribution in [0, 0.1) is 0 Å². The molecule has 144 valence electrons. The summed E-state index contributed by atoms with van der Waals surface area (Å²) in [5, 5.41) is 4.34. The molecule has 2 atom stereocenters. The first-order valence-electron chi connectivity index (χ1n) is 9.62. The van der Waals surface area contributed by atoms with Crippen molar-refractivity contribution < 1.29 is 4.74 Å². The van der Waals surface area contributed by atoms with Gasteiger partial charge >= 0.3 is 0 Å². The fraction of sp³-hybridized carbons (Fsp3) is 0.500. The van der Waals surface area contributed by atoms with E-state index in [9.17, 15) is 0 Å². The maximum absolute atomic E-state index is 5.72. The molecule has 2 aliphatic rings. The van der Waals surface area contributed by atoms with Gasteiger partial charge in [-0.25, -0.2) is 0 Å². The van der Waals surface area contributed by atoms with Crippen molar-refractivity contribution in [2.75, 3.05) is 39.4 Å². The van der Waals surface area contributed by atoms with Crippen LogP contribution in [0.2, 0.25) is 0 Å². The molecule has 27 heavy (non-hydrogen) atoms. The fourth-order valence-corrected chi connectivity index (χ4v) is 4.33. The van der Waals surface area contributed by atoms with Gasteiger partial charge in [0.1, 0.15) is 0 Å². The van der Waals surface area contributed by atoms with E-state index in [0.29, 0.717) is 0 Å². The summed E-state index contributed by atoms with van der Waals surface area (Å²) in [6, 6.07) is 8.49. The lowest BCUT2D eigenvalue weighted by atomic mass is 9.99. The zero-order valence-corrected chi connectivity index (χ0v) is 16.6. The highest BCUT2D eigenvalue weighted by atomic mass is 32.1. The minimum atomic E-state index is 0.0736. The largest absolute Gasteiger partial charge is 0.379 e. The van der Waals surface area contributed by atoms with Crippen LogP contribution in [0.15, 0.2) is 42.9 Å². The van der Waals surface area contributed by atoms with Gasteiger partial charge in [0.25, 0.3) is 0 Å². The van der Waals surface area contributed by atoms with Gasteiger partial charge in [-0.3, -0.25) is 9.88 Å². The lowest BCUT2D eigenvalue weighted by Gasteiger charge is -2.30. The lowest BCUT2D eigenvalue weighted by molar-refractivity contribution is 0.0365. The molecule has 7 heteroatoms. The molecule has 2 saturated heterocycles. The van der Waals surface area contributed by atoms with Crippen LogP contribution in [0.3, 0.4) is 0 Å². The number of thiocarbonyl (C=S) groups is 1. The molecule has 6 nitrogen and oxygen atoms in total. The molecule has 2 fully saturated rings. The summed E-state index contributed by atoms with van der Waals surface area (Å²) in [6.45, 7) is 5.77. The number of pyridine rings is 1. The molecule has 4 heterocycles. The summed E-state index contributed by atoms with van der Waals surface area (Å²) in [5.41, 5.74) is 2.30. The quantitative estimate of drug-likeness (QED) is 0.769. The monoisotopic (exact) mass is 385 g/mol. The molecule has 1 N–H and O–H groups in total. The summed E-state index contributed by atoms with van der Waals surface area (Å²) in [4.78, 5) is 9.40. The molecule has 0 aliphatic carbocycles. The molecular weight excluding hydrogens is 358 g/mol. The van der Waals surface area contributed by atoms with Gasteiger partial charge in [0.15, 0.2) is 5.11 Å². The Morgan fingerprint density at radius 3 is 2.78 bits per heavy atom. The minimum Gasteiger partial charge on any atom is -0.379 e. The van der Waals surface area contributed by atoms with E-state index in [1.807, 2.05) is 18.3 Å². The molecule has 0 saturated carbocycles. The lowest BCUT2D eigenvalue weighted by Crippen LogP contribution is -2.38. The number of nitrogens with one attached hydrogen (secondary N) is 1. The van der Waals surface area contributed by atoms with E-state index >= 15 is 0 Å². The van der Waals surface area contributed by atoms with Gasteiger partial charge in [-0.15, -0.1) is 0 Å². The predicted octanol–water partition coefficient (Wildman–Crippen LogP) is 2.11. The smallest absolute Gasteiger partial charge is 0.170 e. The van der Waals surface area contributed by atoms with Crippen LogP contribution in [-0.4, -0.2) is 63.9 Å². The Labute approximate surface area is 166 Å². The van der Waals surface area contributed by atoms with Gasteiger partial charge < -0.3 is 19.5 Å². The summed E-state index contributed by atoms with van der Waals surface area (Å²) < 4.78 is 7.54. The van der Waals surface area contributed by atoms with Crippen LogP contribution < -0.4 is 5.32 Å². The molecule has 0 amide bonds. The van der Waals surface area contributed by atoms with E-state index in [4.69, 9.17) is 17.0 Å². The number of hydrogen-bond donors (Lipinski definition) is 1. The van der Waals surface area contributed by atoms with Crippen molar-refractivity contribution in [3.63, 3.8) is 0 Å². The van der Waals surface area contributed by atoms with Crippen LogP contribution in [0.4, 0.5) is 0 Å². The normalized spacial score (nSPS) is 23.6. The van der Waals surface area contributed by atoms with E-state index < -0.39 is 0 Å². The van der Waals surface area contributed by atoms with Crippen LogP contribution in [0.25, 0.3) is 0 Å². The average molecular weight is 386 g/mol. The van der Waals surface area contributed by atoms with Gasteiger partial charge in [0.2, 0.25) is 0 Å². The maximum atomic E-state index is 5.72.